The molecule has 1 N–H and O–H groups in total. The molecule has 0 aliphatic carbocycles. The van der Waals surface area contributed by atoms with Crippen molar-refractivity contribution in [2.45, 2.75) is 31.3 Å². The number of aryl methyl sites for hydroxylation is 2. The minimum Gasteiger partial charge on any atom is -0.379 e. The lowest BCUT2D eigenvalue weighted by Crippen LogP contribution is -2.41. The Kier molecular flexibility index (Phi) is 6.09. The molecule has 1 fully saturated rings. The van der Waals surface area contributed by atoms with E-state index in [9.17, 15) is 26.4 Å². The van der Waals surface area contributed by atoms with Gasteiger partial charge in [-0.2, -0.15) is 21.6 Å². The fourth-order valence-electron chi connectivity index (χ4n) is 3.15. The molecular weight excluding hydrogens is 421 g/mol. The van der Waals surface area contributed by atoms with Crippen LogP contribution in [0.25, 0.3) is 0 Å². The third kappa shape index (κ3) is 5.11. The largest absolute Gasteiger partial charge is 0.393 e. The van der Waals surface area contributed by atoms with E-state index in [4.69, 9.17) is 4.18 Å². The summed E-state index contributed by atoms with van der Waals surface area (Å²) >= 11 is 0. The van der Waals surface area contributed by atoms with E-state index in [0.29, 0.717) is 5.56 Å². The SMILES string of the molecule is Cc1ccc(C)c(S(=O)(=O)Oc2ccc(C(=O)NN3CCC(C(F)(F)F)C3)cc2)c1. The molecule has 10 heteroatoms. The number of amides is 1. The van der Waals surface area contributed by atoms with Gasteiger partial charge in [0.25, 0.3) is 5.91 Å². The number of hydrazine groups is 1. The molecule has 162 valence electrons. The molecule has 0 spiro atoms. The average molecular weight is 442 g/mol. The topological polar surface area (TPSA) is 75.7 Å². The number of nitrogens with one attached hydrogen (secondary N) is 1. The molecule has 1 aliphatic rings. The summed E-state index contributed by atoms with van der Waals surface area (Å²) in [5, 5.41) is 1.23. The van der Waals surface area contributed by atoms with Crippen LogP contribution in [0.3, 0.4) is 0 Å². The summed E-state index contributed by atoms with van der Waals surface area (Å²) in [6, 6.07) is 10.3. The van der Waals surface area contributed by atoms with Crippen molar-refractivity contribution in [1.82, 2.24) is 10.4 Å². The molecule has 1 amide bonds. The maximum Gasteiger partial charge on any atom is 0.393 e. The maximum atomic E-state index is 12.7. The lowest BCUT2D eigenvalue weighted by atomic mass is 10.1. The van der Waals surface area contributed by atoms with Crippen LogP contribution in [0.4, 0.5) is 13.2 Å². The van der Waals surface area contributed by atoms with E-state index in [2.05, 4.69) is 5.43 Å². The van der Waals surface area contributed by atoms with Crippen LogP contribution in [0, 0.1) is 19.8 Å². The van der Waals surface area contributed by atoms with Crippen molar-refractivity contribution in [2.24, 2.45) is 5.92 Å². The third-order valence-electron chi connectivity index (χ3n) is 4.85. The van der Waals surface area contributed by atoms with E-state index in [1.54, 1.807) is 26.0 Å². The Bertz CT molecular complexity index is 1040. The van der Waals surface area contributed by atoms with E-state index in [0.717, 1.165) is 5.56 Å². The lowest BCUT2D eigenvalue weighted by Gasteiger charge is -2.18. The molecule has 6 nitrogen and oxygen atoms in total. The van der Waals surface area contributed by atoms with Crippen molar-refractivity contribution in [3.05, 3.63) is 59.2 Å². The fraction of sp³-hybridized carbons (Fsp3) is 0.350. The van der Waals surface area contributed by atoms with Gasteiger partial charge in [0.15, 0.2) is 0 Å². The van der Waals surface area contributed by atoms with E-state index in [1.807, 2.05) is 0 Å². The van der Waals surface area contributed by atoms with Crippen LogP contribution in [-0.2, 0) is 10.1 Å². The number of hydrogen-bond donors (Lipinski definition) is 1. The quantitative estimate of drug-likeness (QED) is 0.717. The predicted molar refractivity (Wildman–Crippen MR) is 103 cm³/mol. The number of carbonyl (C=O) groups excluding carboxylic acids is 1. The zero-order chi connectivity index (χ0) is 22.1. The summed E-state index contributed by atoms with van der Waals surface area (Å²) in [5.74, 6) is -2.03. The number of nitrogens with zero attached hydrogens (tertiary/aromatic N) is 1. The van der Waals surface area contributed by atoms with Gasteiger partial charge in [0.2, 0.25) is 0 Å². The zero-order valence-electron chi connectivity index (χ0n) is 16.4. The molecule has 1 unspecified atom stereocenters. The van der Waals surface area contributed by atoms with Crippen LogP contribution in [0.5, 0.6) is 5.75 Å². The average Bonchev–Trinajstić information content (AvgIpc) is 3.13. The Hall–Kier alpha value is -2.59. The second-order valence-corrected chi connectivity index (χ2v) is 8.76. The van der Waals surface area contributed by atoms with Crippen LogP contribution < -0.4 is 9.61 Å². The highest BCUT2D eigenvalue weighted by atomic mass is 32.2. The van der Waals surface area contributed by atoms with Crippen molar-refractivity contribution in [3.63, 3.8) is 0 Å². The normalized spacial score (nSPS) is 17.7. The molecule has 1 heterocycles. The predicted octanol–water partition coefficient (Wildman–Crippen LogP) is 3.60. The number of carbonyl (C=O) groups is 1. The Labute approximate surface area is 172 Å². The Morgan fingerprint density at radius 3 is 2.40 bits per heavy atom. The molecule has 1 aliphatic heterocycles. The van der Waals surface area contributed by atoms with Crippen molar-refractivity contribution in [2.75, 3.05) is 13.1 Å². The first-order valence-corrected chi connectivity index (χ1v) is 10.6. The molecule has 2 aromatic rings. The molecule has 1 atom stereocenters. The molecule has 2 aromatic carbocycles. The van der Waals surface area contributed by atoms with Gasteiger partial charge in [-0.25, -0.2) is 5.01 Å². The second kappa shape index (κ2) is 8.27. The molecule has 0 aromatic heterocycles. The van der Waals surface area contributed by atoms with Gasteiger partial charge in [-0.3, -0.25) is 10.2 Å². The Morgan fingerprint density at radius 2 is 1.80 bits per heavy atom. The molecule has 1 saturated heterocycles. The van der Waals surface area contributed by atoms with E-state index in [1.165, 1.54) is 35.3 Å². The van der Waals surface area contributed by atoms with Crippen LogP contribution in [-0.4, -0.2) is 38.6 Å². The first-order chi connectivity index (χ1) is 14.0. The van der Waals surface area contributed by atoms with Gasteiger partial charge in [0.1, 0.15) is 10.6 Å². The molecule has 0 saturated carbocycles. The van der Waals surface area contributed by atoms with Crippen LogP contribution in [0.2, 0.25) is 0 Å². The van der Waals surface area contributed by atoms with Gasteiger partial charge in [-0.1, -0.05) is 12.1 Å². The molecule has 0 bridgehead atoms. The second-order valence-electron chi connectivity index (χ2n) is 7.24. The smallest absolute Gasteiger partial charge is 0.379 e. The Morgan fingerprint density at radius 1 is 1.13 bits per heavy atom. The number of halogens is 3. The lowest BCUT2D eigenvalue weighted by molar-refractivity contribution is -0.171. The van der Waals surface area contributed by atoms with Gasteiger partial charge in [-0.05, 0) is 61.7 Å². The van der Waals surface area contributed by atoms with Crippen molar-refractivity contribution >= 4 is 16.0 Å². The van der Waals surface area contributed by atoms with Gasteiger partial charge < -0.3 is 4.18 Å². The standard InChI is InChI=1S/C20H21F3N2O4S/c1-13-3-4-14(2)18(11-13)30(27,28)29-17-7-5-15(6-8-17)19(26)24-25-10-9-16(12-25)20(21,22)23/h3-8,11,16H,9-10,12H2,1-2H3,(H,24,26). The minimum absolute atomic E-state index is 0.0192. The summed E-state index contributed by atoms with van der Waals surface area (Å²) in [7, 11) is -4.05. The van der Waals surface area contributed by atoms with Crippen molar-refractivity contribution < 1.29 is 30.6 Å². The number of hydrogen-bond acceptors (Lipinski definition) is 5. The number of benzene rings is 2. The number of alkyl halides is 3. The fourth-order valence-corrected chi connectivity index (χ4v) is 4.39. The Balaban J connectivity index is 1.65. The van der Waals surface area contributed by atoms with Gasteiger partial charge >= 0.3 is 16.3 Å². The summed E-state index contributed by atoms with van der Waals surface area (Å²) < 4.78 is 68.4. The number of rotatable bonds is 5. The highest BCUT2D eigenvalue weighted by molar-refractivity contribution is 7.87. The summed E-state index contributed by atoms with van der Waals surface area (Å²) in [6.07, 6.45) is -4.37. The summed E-state index contributed by atoms with van der Waals surface area (Å²) in [5.41, 5.74) is 3.92. The molecular formula is C20H21F3N2O4S. The zero-order valence-corrected chi connectivity index (χ0v) is 17.2. The van der Waals surface area contributed by atoms with E-state index in [-0.39, 0.29) is 35.7 Å². The molecule has 3 rings (SSSR count). The van der Waals surface area contributed by atoms with Gasteiger partial charge in [-0.15, -0.1) is 0 Å². The first-order valence-electron chi connectivity index (χ1n) is 9.20. The third-order valence-corrected chi connectivity index (χ3v) is 6.24. The molecule has 0 radical (unpaired) electrons. The first kappa shape index (κ1) is 22.1. The van der Waals surface area contributed by atoms with Gasteiger partial charge in [0, 0.05) is 18.7 Å². The highest BCUT2D eigenvalue weighted by Crippen LogP contribution is 2.32. The summed E-state index contributed by atoms with van der Waals surface area (Å²) in [6.45, 7) is 3.23. The monoisotopic (exact) mass is 442 g/mol. The van der Waals surface area contributed by atoms with Crippen molar-refractivity contribution in [3.8, 4) is 5.75 Å². The van der Waals surface area contributed by atoms with Crippen molar-refractivity contribution in [1.29, 1.82) is 0 Å². The van der Waals surface area contributed by atoms with E-state index < -0.39 is 28.1 Å². The minimum atomic E-state index is -4.29. The molecule has 30 heavy (non-hydrogen) atoms. The maximum absolute atomic E-state index is 12.7. The van der Waals surface area contributed by atoms with Crippen LogP contribution in [0.1, 0.15) is 27.9 Å². The highest BCUT2D eigenvalue weighted by Gasteiger charge is 2.43. The summed E-state index contributed by atoms with van der Waals surface area (Å²) in [4.78, 5) is 12.3. The van der Waals surface area contributed by atoms with Crippen LogP contribution >= 0.6 is 0 Å². The van der Waals surface area contributed by atoms with Gasteiger partial charge in [0.05, 0.1) is 5.92 Å². The van der Waals surface area contributed by atoms with E-state index >= 15 is 0 Å². The van der Waals surface area contributed by atoms with Crippen LogP contribution in [0.15, 0.2) is 47.4 Å².